The second-order valence-electron chi connectivity index (χ2n) is 5.51. The van der Waals surface area contributed by atoms with Gasteiger partial charge in [-0.3, -0.25) is 0 Å². The number of rotatable bonds is 1. The van der Waals surface area contributed by atoms with Crippen LogP contribution >= 0.6 is 23.4 Å². The van der Waals surface area contributed by atoms with Gasteiger partial charge in [-0.1, -0.05) is 32.5 Å². The van der Waals surface area contributed by atoms with Crippen LogP contribution in [0.2, 0.25) is 5.28 Å². The molecule has 0 aliphatic carbocycles. The molecule has 104 valence electrons. The molecule has 4 nitrogen and oxygen atoms in total. The summed E-state index contributed by atoms with van der Waals surface area (Å²) in [7, 11) is 0. The number of thioether (sulfide) groups is 1. The topological polar surface area (TPSA) is 61.6 Å². The Hall–Kier alpha value is -1.51. The second-order valence-corrected chi connectivity index (χ2v) is 6.73. The van der Waals surface area contributed by atoms with Crippen LogP contribution in [-0.4, -0.2) is 9.97 Å². The zero-order valence-corrected chi connectivity index (χ0v) is 13.4. The Bertz CT molecular complexity index is 650. The van der Waals surface area contributed by atoms with Gasteiger partial charge in [0.15, 0.2) is 0 Å². The van der Waals surface area contributed by atoms with Crippen LogP contribution in [0.25, 0.3) is 5.57 Å². The Morgan fingerprint density at radius 2 is 2.15 bits per heavy atom. The van der Waals surface area contributed by atoms with Gasteiger partial charge in [-0.15, -0.1) is 0 Å². The van der Waals surface area contributed by atoms with Gasteiger partial charge in [0.25, 0.3) is 0 Å². The molecule has 2 heterocycles. The zero-order valence-electron chi connectivity index (χ0n) is 11.8. The quantitative estimate of drug-likeness (QED) is 0.630. The van der Waals surface area contributed by atoms with Gasteiger partial charge >= 0.3 is 0 Å². The molecule has 0 radical (unpaired) electrons. The predicted molar refractivity (Wildman–Crippen MR) is 82.6 cm³/mol. The van der Waals surface area contributed by atoms with Crippen molar-refractivity contribution in [3.63, 3.8) is 0 Å². The molecule has 0 fully saturated rings. The van der Waals surface area contributed by atoms with Crippen molar-refractivity contribution in [3.05, 3.63) is 38.9 Å². The Morgan fingerprint density at radius 3 is 2.70 bits per heavy atom. The molecule has 2 rings (SSSR count). The molecule has 1 aliphatic heterocycles. The van der Waals surface area contributed by atoms with E-state index < -0.39 is 0 Å². The minimum absolute atomic E-state index is 0.00762. The van der Waals surface area contributed by atoms with Crippen LogP contribution in [0.5, 0.6) is 0 Å². The molecule has 1 aromatic heterocycles. The molecule has 0 saturated carbocycles. The van der Waals surface area contributed by atoms with Crippen molar-refractivity contribution in [1.82, 2.24) is 15.3 Å². The van der Waals surface area contributed by atoms with Crippen LogP contribution in [0.15, 0.2) is 22.3 Å². The van der Waals surface area contributed by atoms with E-state index in [0.717, 1.165) is 16.3 Å². The lowest BCUT2D eigenvalue weighted by molar-refractivity contribution is 0.481. The fourth-order valence-corrected chi connectivity index (χ4v) is 2.88. The summed E-state index contributed by atoms with van der Waals surface area (Å²) in [5.41, 5.74) is 2.99. The van der Waals surface area contributed by atoms with Crippen molar-refractivity contribution in [2.24, 2.45) is 5.41 Å². The monoisotopic (exact) mass is 306 g/mol. The average molecular weight is 307 g/mol. The van der Waals surface area contributed by atoms with Gasteiger partial charge < -0.3 is 5.32 Å². The highest BCUT2D eigenvalue weighted by Crippen LogP contribution is 2.38. The summed E-state index contributed by atoms with van der Waals surface area (Å²) in [6.07, 6.45) is 1.63. The molecule has 1 N–H and O–H groups in total. The number of hydrogen-bond acceptors (Lipinski definition) is 5. The highest BCUT2D eigenvalue weighted by atomic mass is 35.5. The van der Waals surface area contributed by atoms with E-state index in [1.165, 1.54) is 11.8 Å². The first-order chi connectivity index (χ1) is 9.32. The Kier molecular flexibility index (Phi) is 4.07. The predicted octanol–water partition coefficient (Wildman–Crippen LogP) is 3.85. The Labute approximate surface area is 128 Å². The first kappa shape index (κ1) is 14.9. The first-order valence-corrected chi connectivity index (χ1v) is 7.37. The highest BCUT2D eigenvalue weighted by molar-refractivity contribution is 8.06. The summed E-state index contributed by atoms with van der Waals surface area (Å²) >= 11 is 7.33. The maximum Gasteiger partial charge on any atom is 0.222 e. The van der Waals surface area contributed by atoms with Crippen molar-refractivity contribution in [3.8, 4) is 6.07 Å². The molecule has 1 aromatic rings. The van der Waals surface area contributed by atoms with Crippen LogP contribution in [-0.2, 0) is 0 Å². The van der Waals surface area contributed by atoms with Gasteiger partial charge in [0.1, 0.15) is 11.6 Å². The number of aryl methyl sites for hydroxylation is 1. The second kappa shape index (κ2) is 5.47. The lowest BCUT2D eigenvalue weighted by Gasteiger charge is -2.20. The fourth-order valence-electron chi connectivity index (χ4n) is 1.67. The minimum Gasteiger partial charge on any atom is -0.351 e. The SMILES string of the molecule is Cc1cnc(Cl)nc1C(C#N)=C1NC(C(C)(C)C)=CS1. The van der Waals surface area contributed by atoms with E-state index in [4.69, 9.17) is 11.6 Å². The van der Waals surface area contributed by atoms with E-state index in [9.17, 15) is 5.26 Å². The van der Waals surface area contributed by atoms with Crippen molar-refractivity contribution in [2.75, 3.05) is 0 Å². The summed E-state index contributed by atoms with van der Waals surface area (Å²) in [6, 6.07) is 2.21. The summed E-state index contributed by atoms with van der Waals surface area (Å²) in [5, 5.41) is 15.7. The molecule has 1 aliphatic rings. The normalized spacial score (nSPS) is 17.3. The van der Waals surface area contributed by atoms with Gasteiger partial charge in [0.05, 0.1) is 10.7 Å². The molecule has 0 aromatic carbocycles. The van der Waals surface area contributed by atoms with E-state index in [2.05, 4.69) is 42.1 Å². The van der Waals surface area contributed by atoms with Crippen LogP contribution in [0.3, 0.4) is 0 Å². The van der Waals surface area contributed by atoms with E-state index in [0.29, 0.717) is 11.3 Å². The number of halogens is 1. The van der Waals surface area contributed by atoms with Crippen molar-refractivity contribution < 1.29 is 0 Å². The number of hydrogen-bond donors (Lipinski definition) is 1. The number of nitrogens with zero attached hydrogens (tertiary/aromatic N) is 3. The lowest BCUT2D eigenvalue weighted by Crippen LogP contribution is -2.20. The van der Waals surface area contributed by atoms with Gasteiger partial charge in [-0.25, -0.2) is 9.97 Å². The van der Waals surface area contributed by atoms with Crippen LogP contribution < -0.4 is 5.32 Å². The van der Waals surface area contributed by atoms with E-state index >= 15 is 0 Å². The fraction of sp³-hybridized carbons (Fsp3) is 0.357. The first-order valence-electron chi connectivity index (χ1n) is 6.11. The molecular weight excluding hydrogens is 292 g/mol. The smallest absolute Gasteiger partial charge is 0.222 e. The summed E-state index contributed by atoms with van der Waals surface area (Å²) in [4.78, 5) is 8.09. The summed E-state index contributed by atoms with van der Waals surface area (Å²) in [6.45, 7) is 8.22. The van der Waals surface area contributed by atoms with Gasteiger partial charge in [-0.2, -0.15) is 5.26 Å². The number of allylic oxidation sites excluding steroid dienone is 2. The third-order valence-electron chi connectivity index (χ3n) is 2.87. The van der Waals surface area contributed by atoms with Gasteiger partial charge in [0.2, 0.25) is 5.28 Å². The highest BCUT2D eigenvalue weighted by Gasteiger charge is 2.25. The van der Waals surface area contributed by atoms with Crippen molar-refractivity contribution in [2.45, 2.75) is 27.7 Å². The molecule has 6 heteroatoms. The molecular formula is C14H15ClN4S. The zero-order chi connectivity index (χ0) is 14.9. The van der Waals surface area contributed by atoms with E-state index in [-0.39, 0.29) is 10.7 Å². The minimum atomic E-state index is 0.00762. The Morgan fingerprint density at radius 1 is 1.45 bits per heavy atom. The molecule has 20 heavy (non-hydrogen) atoms. The van der Waals surface area contributed by atoms with Crippen molar-refractivity contribution >= 4 is 28.9 Å². The standard InChI is InChI=1S/C14H15ClN4S/c1-8-6-17-13(15)19-11(8)9(5-16)12-18-10(7-20-12)14(2,3)4/h6-7,18H,1-4H3. The third kappa shape index (κ3) is 2.97. The number of nitriles is 1. The maximum atomic E-state index is 9.46. The number of aromatic nitrogens is 2. The van der Waals surface area contributed by atoms with Gasteiger partial charge in [0, 0.05) is 17.3 Å². The van der Waals surface area contributed by atoms with E-state index in [1.807, 2.05) is 12.3 Å². The summed E-state index contributed by atoms with van der Waals surface area (Å²) in [5.74, 6) is 0. The largest absolute Gasteiger partial charge is 0.351 e. The van der Waals surface area contributed by atoms with Crippen molar-refractivity contribution in [1.29, 1.82) is 5.26 Å². The molecule has 0 amide bonds. The molecule has 0 unspecified atom stereocenters. The molecule has 0 atom stereocenters. The van der Waals surface area contributed by atoms with Gasteiger partial charge in [-0.05, 0) is 29.5 Å². The third-order valence-corrected chi connectivity index (χ3v) is 3.95. The van der Waals surface area contributed by atoms with Crippen LogP contribution in [0.1, 0.15) is 32.0 Å². The molecule has 0 saturated heterocycles. The Balaban J connectivity index is 2.43. The van der Waals surface area contributed by atoms with Crippen LogP contribution in [0.4, 0.5) is 0 Å². The van der Waals surface area contributed by atoms with Crippen LogP contribution in [0, 0.1) is 23.7 Å². The lowest BCUT2D eigenvalue weighted by atomic mass is 9.93. The average Bonchev–Trinajstić information content (AvgIpc) is 2.84. The summed E-state index contributed by atoms with van der Waals surface area (Å²) < 4.78 is 0. The molecule has 0 spiro atoms. The molecule has 0 bridgehead atoms. The van der Waals surface area contributed by atoms with E-state index in [1.54, 1.807) is 6.20 Å². The maximum absolute atomic E-state index is 9.46. The number of nitrogens with one attached hydrogen (secondary N) is 1.